The number of methoxy groups -OCH3 is 1. The molecule has 0 saturated carbocycles. The van der Waals surface area contributed by atoms with E-state index in [1.54, 1.807) is 19.1 Å². The third-order valence-corrected chi connectivity index (χ3v) is 4.17. The quantitative estimate of drug-likeness (QED) is 0.895. The van der Waals surface area contributed by atoms with Crippen LogP contribution in [0.2, 0.25) is 0 Å². The maximum Gasteiger partial charge on any atom is 0.263 e. The summed E-state index contributed by atoms with van der Waals surface area (Å²) in [6.45, 7) is 3.62. The molecule has 0 aliphatic heterocycles. The van der Waals surface area contributed by atoms with Crippen LogP contribution in [0.1, 0.15) is 11.3 Å². The van der Waals surface area contributed by atoms with Crippen LogP contribution in [0.4, 0.5) is 5.82 Å². The van der Waals surface area contributed by atoms with Crippen LogP contribution < -0.4 is 9.46 Å². The summed E-state index contributed by atoms with van der Waals surface area (Å²) in [5.41, 5.74) is 1.59. The van der Waals surface area contributed by atoms with Gasteiger partial charge in [-0.1, -0.05) is 6.07 Å². The summed E-state index contributed by atoms with van der Waals surface area (Å²) in [6.07, 6.45) is 0. The molecule has 102 valence electrons. The Hall–Kier alpha value is -2.02. The molecule has 0 unspecified atom stereocenters. The van der Waals surface area contributed by atoms with Gasteiger partial charge in [-0.25, -0.2) is 8.42 Å². The number of nitrogens with one attached hydrogen (secondary N) is 2. The molecule has 0 saturated heterocycles. The molecular weight excluding hydrogens is 266 g/mol. The van der Waals surface area contributed by atoms with Crippen LogP contribution in [-0.4, -0.2) is 25.7 Å². The van der Waals surface area contributed by atoms with E-state index in [1.165, 1.54) is 19.2 Å². The van der Waals surface area contributed by atoms with Crippen molar-refractivity contribution in [1.29, 1.82) is 0 Å². The summed E-state index contributed by atoms with van der Waals surface area (Å²) in [5.74, 6) is 0.790. The fourth-order valence-electron chi connectivity index (χ4n) is 1.54. The SMILES string of the molecule is COc1cccc(S(=O)(=O)Nc2n[nH]c(C)c2C)c1. The average Bonchev–Trinajstić information content (AvgIpc) is 2.70. The predicted molar refractivity (Wildman–Crippen MR) is 71.9 cm³/mol. The number of benzene rings is 1. The lowest BCUT2D eigenvalue weighted by Gasteiger charge is -2.07. The Kier molecular flexibility index (Phi) is 3.48. The Bertz CT molecular complexity index is 692. The van der Waals surface area contributed by atoms with Crippen LogP contribution in [-0.2, 0) is 10.0 Å². The molecule has 0 fully saturated rings. The second-order valence-corrected chi connectivity index (χ2v) is 5.79. The van der Waals surface area contributed by atoms with E-state index in [-0.39, 0.29) is 4.90 Å². The number of nitrogens with zero attached hydrogens (tertiary/aromatic N) is 1. The van der Waals surface area contributed by atoms with Gasteiger partial charge in [-0.05, 0) is 26.0 Å². The topological polar surface area (TPSA) is 84.1 Å². The van der Waals surface area contributed by atoms with Crippen LogP contribution in [0, 0.1) is 13.8 Å². The van der Waals surface area contributed by atoms with Gasteiger partial charge in [0, 0.05) is 17.3 Å². The molecule has 2 N–H and O–H groups in total. The molecule has 6 nitrogen and oxygen atoms in total. The van der Waals surface area contributed by atoms with E-state index in [0.29, 0.717) is 11.6 Å². The zero-order valence-electron chi connectivity index (χ0n) is 10.9. The van der Waals surface area contributed by atoms with Gasteiger partial charge < -0.3 is 4.74 Å². The highest BCUT2D eigenvalue weighted by atomic mass is 32.2. The third-order valence-electron chi connectivity index (χ3n) is 2.84. The number of aromatic nitrogens is 2. The van der Waals surface area contributed by atoms with Crippen molar-refractivity contribution in [3.63, 3.8) is 0 Å². The lowest BCUT2D eigenvalue weighted by molar-refractivity contribution is 0.413. The molecule has 0 bridgehead atoms. The second-order valence-electron chi connectivity index (χ2n) is 4.11. The minimum absolute atomic E-state index is 0.131. The molecule has 7 heteroatoms. The smallest absolute Gasteiger partial charge is 0.263 e. The lowest BCUT2D eigenvalue weighted by atomic mass is 10.3. The van der Waals surface area contributed by atoms with Gasteiger partial charge in [0.15, 0.2) is 5.82 Å². The van der Waals surface area contributed by atoms with Gasteiger partial charge in [0.05, 0.1) is 12.0 Å². The number of hydrogen-bond donors (Lipinski definition) is 2. The molecule has 1 aromatic heterocycles. The Morgan fingerprint density at radius 1 is 1.32 bits per heavy atom. The molecule has 0 atom stereocenters. The first-order valence-electron chi connectivity index (χ1n) is 5.62. The van der Waals surface area contributed by atoms with E-state index >= 15 is 0 Å². The first kappa shape index (κ1) is 13.4. The van der Waals surface area contributed by atoms with E-state index in [1.807, 2.05) is 6.92 Å². The summed E-state index contributed by atoms with van der Waals surface area (Å²) in [5, 5.41) is 6.65. The van der Waals surface area contributed by atoms with Crippen LogP contribution in [0.5, 0.6) is 5.75 Å². The minimum atomic E-state index is -3.67. The van der Waals surface area contributed by atoms with Crippen molar-refractivity contribution in [2.75, 3.05) is 11.8 Å². The van der Waals surface area contributed by atoms with Crippen LogP contribution >= 0.6 is 0 Å². The predicted octanol–water partition coefficient (Wildman–Crippen LogP) is 1.84. The summed E-state index contributed by atoms with van der Waals surface area (Å²) < 4.78 is 31.9. The number of aromatic amines is 1. The molecule has 19 heavy (non-hydrogen) atoms. The van der Waals surface area contributed by atoms with Crippen LogP contribution in [0.3, 0.4) is 0 Å². The summed E-state index contributed by atoms with van der Waals surface area (Å²) >= 11 is 0. The van der Waals surface area contributed by atoms with Gasteiger partial charge in [-0.3, -0.25) is 9.82 Å². The second kappa shape index (κ2) is 4.93. The van der Waals surface area contributed by atoms with E-state index in [2.05, 4.69) is 14.9 Å². The number of hydrogen-bond acceptors (Lipinski definition) is 4. The van der Waals surface area contributed by atoms with Crippen molar-refractivity contribution >= 4 is 15.8 Å². The summed E-state index contributed by atoms with van der Waals surface area (Å²) in [4.78, 5) is 0.131. The van der Waals surface area contributed by atoms with Crippen LogP contribution in [0.15, 0.2) is 29.2 Å². The van der Waals surface area contributed by atoms with E-state index in [4.69, 9.17) is 4.74 Å². The zero-order chi connectivity index (χ0) is 14.0. The van der Waals surface area contributed by atoms with Crippen molar-refractivity contribution in [1.82, 2.24) is 10.2 Å². The van der Waals surface area contributed by atoms with Gasteiger partial charge in [0.25, 0.3) is 10.0 Å². The lowest BCUT2D eigenvalue weighted by Crippen LogP contribution is -2.14. The fourth-order valence-corrected chi connectivity index (χ4v) is 2.64. The highest BCUT2D eigenvalue weighted by molar-refractivity contribution is 7.92. The standard InChI is InChI=1S/C12H15N3O3S/c1-8-9(2)13-14-12(8)15-19(16,17)11-6-4-5-10(7-11)18-3/h4-7H,1-3H3,(H2,13,14,15). The van der Waals surface area contributed by atoms with Crippen molar-refractivity contribution in [2.45, 2.75) is 18.7 Å². The van der Waals surface area contributed by atoms with Crippen LogP contribution in [0.25, 0.3) is 0 Å². The number of rotatable bonds is 4. The van der Waals surface area contributed by atoms with E-state index in [0.717, 1.165) is 11.3 Å². The first-order chi connectivity index (χ1) is 8.94. The maximum absolute atomic E-state index is 12.2. The molecule has 0 aliphatic rings. The highest BCUT2D eigenvalue weighted by Crippen LogP contribution is 2.21. The minimum Gasteiger partial charge on any atom is -0.497 e. The zero-order valence-corrected chi connectivity index (χ0v) is 11.7. The highest BCUT2D eigenvalue weighted by Gasteiger charge is 2.18. The number of H-pyrrole nitrogens is 1. The largest absolute Gasteiger partial charge is 0.497 e. The molecule has 2 aromatic rings. The molecule has 1 heterocycles. The van der Waals surface area contributed by atoms with Crippen molar-refractivity contribution < 1.29 is 13.2 Å². The Labute approximate surface area is 111 Å². The van der Waals surface area contributed by atoms with Crippen molar-refractivity contribution in [2.24, 2.45) is 0 Å². The van der Waals surface area contributed by atoms with Gasteiger partial charge in [0.2, 0.25) is 0 Å². The molecular formula is C12H15N3O3S. The molecule has 0 spiro atoms. The normalized spacial score (nSPS) is 11.3. The summed E-state index contributed by atoms with van der Waals surface area (Å²) in [7, 11) is -2.18. The van der Waals surface area contributed by atoms with Gasteiger partial charge >= 0.3 is 0 Å². The fraction of sp³-hybridized carbons (Fsp3) is 0.250. The molecule has 1 aromatic carbocycles. The first-order valence-corrected chi connectivity index (χ1v) is 7.11. The molecule has 2 rings (SSSR count). The Morgan fingerprint density at radius 3 is 2.63 bits per heavy atom. The van der Waals surface area contributed by atoms with Gasteiger partial charge in [-0.15, -0.1) is 0 Å². The third kappa shape index (κ3) is 2.70. The molecule has 0 amide bonds. The Balaban J connectivity index is 2.35. The van der Waals surface area contributed by atoms with Gasteiger partial charge in [0.1, 0.15) is 5.75 Å². The Morgan fingerprint density at radius 2 is 2.05 bits per heavy atom. The van der Waals surface area contributed by atoms with Gasteiger partial charge in [-0.2, -0.15) is 5.10 Å². The van der Waals surface area contributed by atoms with Crippen molar-refractivity contribution in [3.05, 3.63) is 35.5 Å². The maximum atomic E-state index is 12.2. The molecule has 0 aliphatic carbocycles. The van der Waals surface area contributed by atoms with Crippen molar-refractivity contribution in [3.8, 4) is 5.75 Å². The average molecular weight is 281 g/mol. The number of anilines is 1. The van der Waals surface area contributed by atoms with E-state index in [9.17, 15) is 8.42 Å². The number of sulfonamides is 1. The number of ether oxygens (including phenoxy) is 1. The number of aryl methyl sites for hydroxylation is 1. The summed E-state index contributed by atoms with van der Waals surface area (Å²) in [6, 6.07) is 6.26. The van der Waals surface area contributed by atoms with E-state index < -0.39 is 10.0 Å². The monoisotopic (exact) mass is 281 g/mol. The molecule has 0 radical (unpaired) electrons.